The van der Waals surface area contributed by atoms with Crippen LogP contribution in [-0.4, -0.2) is 48.1 Å². The summed E-state index contributed by atoms with van der Waals surface area (Å²) in [7, 11) is 0. The lowest BCUT2D eigenvalue weighted by Gasteiger charge is -2.24. The summed E-state index contributed by atoms with van der Waals surface area (Å²) in [6, 6.07) is 5.69. The van der Waals surface area contributed by atoms with Gasteiger partial charge in [0.2, 0.25) is 5.91 Å². The number of amides is 2. The van der Waals surface area contributed by atoms with Crippen LogP contribution < -0.4 is 10.6 Å². The van der Waals surface area contributed by atoms with E-state index >= 15 is 0 Å². The van der Waals surface area contributed by atoms with Gasteiger partial charge in [0.25, 0.3) is 5.91 Å². The third-order valence-electron chi connectivity index (χ3n) is 5.46. The predicted octanol–water partition coefficient (Wildman–Crippen LogP) is 2.61. The largest absolute Gasteiger partial charge is 0.339 e. The van der Waals surface area contributed by atoms with E-state index in [1.54, 1.807) is 11.8 Å². The highest BCUT2D eigenvalue weighted by atomic mass is 35.5. The lowest BCUT2D eigenvalue weighted by molar-refractivity contribution is -0.115. The minimum atomic E-state index is -0.0855. The van der Waals surface area contributed by atoms with Gasteiger partial charge in [0.1, 0.15) is 0 Å². The van der Waals surface area contributed by atoms with Crippen LogP contribution >= 0.6 is 24.2 Å². The van der Waals surface area contributed by atoms with Gasteiger partial charge in [-0.2, -0.15) is 0 Å². The number of nitrogens with one attached hydrogen (secondary N) is 2. The number of nitrogens with zero attached hydrogens (tertiary/aromatic N) is 1. The van der Waals surface area contributed by atoms with Gasteiger partial charge in [-0.1, -0.05) is 0 Å². The molecule has 25 heavy (non-hydrogen) atoms. The number of carbonyl (C=O) groups excluding carboxylic acids is 2. The van der Waals surface area contributed by atoms with Gasteiger partial charge in [-0.3, -0.25) is 9.59 Å². The van der Waals surface area contributed by atoms with Crippen LogP contribution in [0.4, 0.5) is 5.69 Å². The lowest BCUT2D eigenvalue weighted by Crippen LogP contribution is -2.33. The SMILES string of the molecule is CC1Sc2ccc(C(=O)N3CC[C@@H]4CNC[C@@H]4CC3)cc2NC1=O.Cl. The average Bonchev–Trinajstić information content (AvgIpc) is 2.93. The monoisotopic (exact) mass is 381 g/mol. The molecular formula is C18H24ClN3O2S. The molecule has 3 aliphatic rings. The molecule has 3 heterocycles. The summed E-state index contributed by atoms with van der Waals surface area (Å²) >= 11 is 1.55. The zero-order valence-electron chi connectivity index (χ0n) is 14.3. The smallest absolute Gasteiger partial charge is 0.253 e. The number of rotatable bonds is 1. The van der Waals surface area contributed by atoms with E-state index in [-0.39, 0.29) is 29.5 Å². The van der Waals surface area contributed by atoms with Crippen LogP contribution in [0.2, 0.25) is 0 Å². The van der Waals surface area contributed by atoms with E-state index in [2.05, 4.69) is 10.6 Å². The molecule has 1 unspecified atom stereocenters. The quantitative estimate of drug-likeness (QED) is 0.785. The molecule has 2 amide bonds. The van der Waals surface area contributed by atoms with E-state index in [4.69, 9.17) is 0 Å². The Morgan fingerprint density at radius 2 is 1.88 bits per heavy atom. The number of hydrogen-bond acceptors (Lipinski definition) is 4. The molecule has 0 aliphatic carbocycles. The Labute approximate surface area is 158 Å². The normalized spacial score (nSPS) is 28.3. The summed E-state index contributed by atoms with van der Waals surface area (Å²) in [5.74, 6) is 1.52. The molecule has 0 aromatic heterocycles. The summed E-state index contributed by atoms with van der Waals surface area (Å²) in [6.07, 6.45) is 2.16. The highest BCUT2D eigenvalue weighted by molar-refractivity contribution is 8.00. The van der Waals surface area contributed by atoms with Crippen molar-refractivity contribution in [2.24, 2.45) is 11.8 Å². The van der Waals surface area contributed by atoms with E-state index < -0.39 is 0 Å². The molecule has 5 nitrogen and oxygen atoms in total. The van der Waals surface area contributed by atoms with Gasteiger partial charge in [-0.15, -0.1) is 24.2 Å². The van der Waals surface area contributed by atoms with Gasteiger partial charge >= 0.3 is 0 Å². The van der Waals surface area contributed by atoms with Gasteiger partial charge in [0, 0.05) is 23.5 Å². The minimum Gasteiger partial charge on any atom is -0.339 e. The van der Waals surface area contributed by atoms with Crippen molar-refractivity contribution in [1.82, 2.24) is 10.2 Å². The van der Waals surface area contributed by atoms with Crippen LogP contribution in [-0.2, 0) is 4.79 Å². The minimum absolute atomic E-state index is 0. The number of halogens is 1. The Morgan fingerprint density at radius 1 is 1.20 bits per heavy atom. The number of carbonyl (C=O) groups is 2. The number of anilines is 1. The molecule has 0 radical (unpaired) electrons. The standard InChI is InChI=1S/C18H23N3O2S.ClH/c1-11-17(22)20-15-8-12(2-3-16(15)24-11)18(23)21-6-4-13-9-19-10-14(13)5-7-21;/h2-3,8,11,13-14,19H,4-7,9-10H2,1H3,(H,20,22);1H/t11?,13-,14+;. The van der Waals surface area contributed by atoms with Crippen LogP contribution in [0.5, 0.6) is 0 Å². The first-order chi connectivity index (χ1) is 11.6. The number of thioether (sulfide) groups is 1. The van der Waals surface area contributed by atoms with E-state index in [1.807, 2.05) is 30.0 Å². The third-order valence-corrected chi connectivity index (χ3v) is 6.64. The fourth-order valence-corrected chi connectivity index (χ4v) is 4.88. The molecule has 2 fully saturated rings. The number of benzene rings is 1. The maximum Gasteiger partial charge on any atom is 0.253 e. The third kappa shape index (κ3) is 3.66. The first-order valence-corrected chi connectivity index (χ1v) is 9.61. The molecular weight excluding hydrogens is 358 g/mol. The Balaban J connectivity index is 0.00000182. The van der Waals surface area contributed by atoms with Crippen molar-refractivity contribution in [2.75, 3.05) is 31.5 Å². The summed E-state index contributed by atoms with van der Waals surface area (Å²) in [4.78, 5) is 27.8. The zero-order valence-corrected chi connectivity index (χ0v) is 15.9. The van der Waals surface area contributed by atoms with Gasteiger partial charge in [-0.05, 0) is 62.9 Å². The molecule has 0 bridgehead atoms. The second-order valence-corrected chi connectivity index (χ2v) is 8.39. The summed E-state index contributed by atoms with van der Waals surface area (Å²) < 4.78 is 0. The van der Waals surface area contributed by atoms with Crippen LogP contribution in [0.1, 0.15) is 30.1 Å². The predicted molar refractivity (Wildman–Crippen MR) is 103 cm³/mol. The van der Waals surface area contributed by atoms with Crippen molar-refractivity contribution in [3.63, 3.8) is 0 Å². The van der Waals surface area contributed by atoms with Crippen LogP contribution in [0, 0.1) is 11.8 Å². The van der Waals surface area contributed by atoms with Crippen molar-refractivity contribution >= 4 is 41.7 Å². The summed E-state index contributed by atoms with van der Waals surface area (Å²) in [5.41, 5.74) is 1.44. The van der Waals surface area contributed by atoms with Crippen LogP contribution in [0.25, 0.3) is 0 Å². The van der Waals surface area contributed by atoms with Gasteiger partial charge < -0.3 is 15.5 Å². The summed E-state index contributed by atoms with van der Waals surface area (Å²) in [6.45, 7) is 5.73. The molecule has 1 aromatic carbocycles. The van der Waals surface area contributed by atoms with Crippen molar-refractivity contribution < 1.29 is 9.59 Å². The average molecular weight is 382 g/mol. The van der Waals surface area contributed by atoms with E-state index in [1.165, 1.54) is 0 Å². The molecule has 1 aromatic rings. The number of likely N-dealkylation sites (tertiary alicyclic amines) is 1. The second kappa shape index (κ2) is 7.56. The topological polar surface area (TPSA) is 61.4 Å². The van der Waals surface area contributed by atoms with E-state index in [0.29, 0.717) is 17.4 Å². The fourth-order valence-electron chi connectivity index (χ4n) is 3.95. The zero-order chi connectivity index (χ0) is 16.7. The van der Waals surface area contributed by atoms with Crippen molar-refractivity contribution in [3.05, 3.63) is 23.8 Å². The Hall–Kier alpha value is -1.24. The number of hydrogen-bond donors (Lipinski definition) is 2. The molecule has 3 atom stereocenters. The first-order valence-electron chi connectivity index (χ1n) is 8.73. The van der Waals surface area contributed by atoms with Crippen molar-refractivity contribution in [2.45, 2.75) is 29.9 Å². The second-order valence-electron chi connectivity index (χ2n) is 7.01. The molecule has 0 spiro atoms. The Morgan fingerprint density at radius 3 is 2.56 bits per heavy atom. The van der Waals surface area contributed by atoms with Crippen LogP contribution in [0.3, 0.4) is 0 Å². The van der Waals surface area contributed by atoms with Crippen molar-refractivity contribution in [3.8, 4) is 0 Å². The van der Waals surface area contributed by atoms with Crippen molar-refractivity contribution in [1.29, 1.82) is 0 Å². The molecule has 0 saturated carbocycles. The number of fused-ring (bicyclic) bond motifs is 2. The lowest BCUT2D eigenvalue weighted by atomic mass is 9.92. The van der Waals surface area contributed by atoms with E-state index in [0.717, 1.165) is 49.6 Å². The van der Waals surface area contributed by atoms with Gasteiger partial charge in [-0.25, -0.2) is 0 Å². The first kappa shape index (κ1) is 18.5. The van der Waals surface area contributed by atoms with E-state index in [9.17, 15) is 9.59 Å². The maximum absolute atomic E-state index is 12.9. The molecule has 136 valence electrons. The fraction of sp³-hybridized carbons (Fsp3) is 0.556. The van der Waals surface area contributed by atoms with Crippen LogP contribution in [0.15, 0.2) is 23.1 Å². The highest BCUT2D eigenvalue weighted by Crippen LogP contribution is 2.36. The molecule has 3 aliphatic heterocycles. The molecule has 2 N–H and O–H groups in total. The Kier molecular flexibility index (Phi) is 5.61. The molecule has 2 saturated heterocycles. The maximum atomic E-state index is 12.9. The molecule has 4 rings (SSSR count). The summed E-state index contributed by atoms with van der Waals surface area (Å²) in [5, 5.41) is 6.29. The molecule has 7 heteroatoms. The van der Waals surface area contributed by atoms with Gasteiger partial charge in [0.15, 0.2) is 0 Å². The van der Waals surface area contributed by atoms with Gasteiger partial charge in [0.05, 0.1) is 10.9 Å². The Bertz CT molecular complexity index is 670. The highest BCUT2D eigenvalue weighted by Gasteiger charge is 2.32.